The van der Waals surface area contributed by atoms with E-state index < -0.39 is 0 Å². The number of halogens is 2. The van der Waals surface area contributed by atoms with E-state index in [9.17, 15) is 0 Å². The molecule has 0 unspecified atom stereocenters. The summed E-state index contributed by atoms with van der Waals surface area (Å²) < 4.78 is 11.1. The van der Waals surface area contributed by atoms with Gasteiger partial charge in [-0.05, 0) is 48.5 Å². The first kappa shape index (κ1) is 18.3. The summed E-state index contributed by atoms with van der Waals surface area (Å²) in [6.45, 7) is 0.351. The summed E-state index contributed by atoms with van der Waals surface area (Å²) in [6.07, 6.45) is 1.78. The highest BCUT2D eigenvalue weighted by Gasteiger charge is 2.05. The van der Waals surface area contributed by atoms with Gasteiger partial charge in [0.15, 0.2) is 0 Å². The largest absolute Gasteiger partial charge is 0.497 e. The Kier molecular flexibility index (Phi) is 6.16. The summed E-state index contributed by atoms with van der Waals surface area (Å²) in [5, 5.41) is 1.19. The molecule has 0 heterocycles. The standard InChI is InChI=1S/C21H17Cl2NO2/c1-25-19-10-8-18(9-11-19)24-13-15-4-2-3-5-21(15)26-14-16-6-7-17(22)12-20(16)23/h2-13H,14H2,1H3. The number of nitrogens with zero attached hydrogens (tertiary/aromatic N) is 1. The molecule has 26 heavy (non-hydrogen) atoms. The molecular formula is C21H17Cl2NO2. The van der Waals surface area contributed by atoms with Crippen LogP contribution in [-0.4, -0.2) is 13.3 Å². The van der Waals surface area contributed by atoms with Crippen LogP contribution in [0.5, 0.6) is 11.5 Å². The molecule has 3 aromatic carbocycles. The van der Waals surface area contributed by atoms with E-state index in [4.69, 9.17) is 32.7 Å². The van der Waals surface area contributed by atoms with Gasteiger partial charge < -0.3 is 9.47 Å². The fourth-order valence-electron chi connectivity index (χ4n) is 2.33. The van der Waals surface area contributed by atoms with Crippen molar-refractivity contribution < 1.29 is 9.47 Å². The molecule has 0 aromatic heterocycles. The first-order valence-corrected chi connectivity index (χ1v) is 8.75. The smallest absolute Gasteiger partial charge is 0.128 e. The summed E-state index contributed by atoms with van der Waals surface area (Å²) in [5.41, 5.74) is 2.59. The minimum Gasteiger partial charge on any atom is -0.497 e. The third kappa shape index (κ3) is 4.78. The average molecular weight is 386 g/mol. The maximum Gasteiger partial charge on any atom is 0.128 e. The molecule has 0 aliphatic heterocycles. The number of hydrogen-bond donors (Lipinski definition) is 0. The van der Waals surface area contributed by atoms with Crippen molar-refractivity contribution in [2.24, 2.45) is 4.99 Å². The Morgan fingerprint density at radius 1 is 0.962 bits per heavy atom. The van der Waals surface area contributed by atoms with Gasteiger partial charge in [-0.1, -0.05) is 41.4 Å². The zero-order chi connectivity index (χ0) is 18.4. The Bertz CT molecular complexity index is 908. The van der Waals surface area contributed by atoms with E-state index in [-0.39, 0.29) is 0 Å². The Hall–Kier alpha value is -2.49. The van der Waals surface area contributed by atoms with Crippen LogP contribution in [0.25, 0.3) is 0 Å². The third-order valence-electron chi connectivity index (χ3n) is 3.74. The van der Waals surface area contributed by atoms with Crippen LogP contribution in [0.3, 0.4) is 0 Å². The summed E-state index contributed by atoms with van der Waals surface area (Å²) in [7, 11) is 1.64. The van der Waals surface area contributed by atoms with Gasteiger partial charge in [0.25, 0.3) is 0 Å². The quantitative estimate of drug-likeness (QED) is 0.464. The SMILES string of the molecule is COc1ccc(N=Cc2ccccc2OCc2ccc(Cl)cc2Cl)cc1. The highest BCUT2D eigenvalue weighted by atomic mass is 35.5. The lowest BCUT2D eigenvalue weighted by Crippen LogP contribution is -1.99. The van der Waals surface area contributed by atoms with Crippen LogP contribution < -0.4 is 9.47 Å². The molecule has 0 N–H and O–H groups in total. The predicted octanol–water partition coefficient (Wildman–Crippen LogP) is 6.33. The maximum absolute atomic E-state index is 6.20. The summed E-state index contributed by atoms with van der Waals surface area (Å²) in [6, 6.07) is 20.6. The van der Waals surface area contributed by atoms with Gasteiger partial charge >= 0.3 is 0 Å². The van der Waals surface area contributed by atoms with Gasteiger partial charge in [-0.3, -0.25) is 4.99 Å². The second-order valence-corrected chi connectivity index (χ2v) is 6.36. The van der Waals surface area contributed by atoms with Crippen molar-refractivity contribution in [2.45, 2.75) is 6.61 Å². The normalized spacial score (nSPS) is 10.9. The van der Waals surface area contributed by atoms with Crippen molar-refractivity contribution in [3.8, 4) is 11.5 Å². The Morgan fingerprint density at radius 3 is 2.46 bits per heavy atom. The first-order chi connectivity index (χ1) is 12.7. The van der Waals surface area contributed by atoms with Gasteiger partial charge in [0, 0.05) is 27.4 Å². The second-order valence-electron chi connectivity index (χ2n) is 5.52. The van der Waals surface area contributed by atoms with E-state index in [1.807, 2.05) is 54.6 Å². The summed E-state index contributed by atoms with van der Waals surface area (Å²) >= 11 is 12.1. The number of benzene rings is 3. The lowest BCUT2D eigenvalue weighted by molar-refractivity contribution is 0.306. The number of rotatable bonds is 6. The fraction of sp³-hybridized carbons (Fsp3) is 0.0952. The molecule has 3 aromatic rings. The molecule has 5 heteroatoms. The molecule has 0 aliphatic rings. The third-order valence-corrected chi connectivity index (χ3v) is 4.33. The molecule has 0 saturated heterocycles. The summed E-state index contributed by atoms with van der Waals surface area (Å²) in [5.74, 6) is 1.53. The number of ether oxygens (including phenoxy) is 2. The highest BCUT2D eigenvalue weighted by molar-refractivity contribution is 6.35. The Labute approximate surface area is 162 Å². The van der Waals surface area contributed by atoms with Gasteiger partial charge in [-0.2, -0.15) is 0 Å². The number of methoxy groups -OCH3 is 1. The lowest BCUT2D eigenvalue weighted by atomic mass is 10.2. The molecule has 0 saturated carbocycles. The van der Waals surface area contributed by atoms with E-state index in [2.05, 4.69) is 4.99 Å². The molecular weight excluding hydrogens is 369 g/mol. The lowest BCUT2D eigenvalue weighted by Gasteiger charge is -2.10. The second kappa shape index (κ2) is 8.75. The van der Waals surface area contributed by atoms with Crippen LogP contribution in [0.4, 0.5) is 5.69 Å². The molecule has 132 valence electrons. The minimum atomic E-state index is 0.351. The van der Waals surface area contributed by atoms with Crippen molar-refractivity contribution in [3.05, 3.63) is 87.9 Å². The van der Waals surface area contributed by atoms with E-state index in [0.717, 1.165) is 28.3 Å². The summed E-state index contributed by atoms with van der Waals surface area (Å²) in [4.78, 5) is 4.49. The number of hydrogen-bond acceptors (Lipinski definition) is 3. The zero-order valence-corrected chi connectivity index (χ0v) is 15.7. The number of para-hydroxylation sites is 1. The van der Waals surface area contributed by atoms with Crippen molar-refractivity contribution in [2.75, 3.05) is 7.11 Å². The van der Waals surface area contributed by atoms with Gasteiger partial charge in [-0.15, -0.1) is 0 Å². The van der Waals surface area contributed by atoms with Crippen LogP contribution in [0, 0.1) is 0 Å². The topological polar surface area (TPSA) is 30.8 Å². The van der Waals surface area contributed by atoms with Crippen LogP contribution in [-0.2, 0) is 6.61 Å². The Balaban J connectivity index is 1.74. The zero-order valence-electron chi connectivity index (χ0n) is 14.2. The molecule has 0 radical (unpaired) electrons. The van der Waals surface area contributed by atoms with Crippen LogP contribution in [0.15, 0.2) is 71.7 Å². The molecule has 0 amide bonds. The van der Waals surface area contributed by atoms with E-state index >= 15 is 0 Å². The monoisotopic (exact) mass is 385 g/mol. The van der Waals surface area contributed by atoms with Gasteiger partial charge in [0.1, 0.15) is 18.1 Å². The van der Waals surface area contributed by atoms with Gasteiger partial charge in [0.2, 0.25) is 0 Å². The molecule has 3 rings (SSSR count). The molecule has 0 fully saturated rings. The predicted molar refractivity (Wildman–Crippen MR) is 107 cm³/mol. The molecule has 3 nitrogen and oxygen atoms in total. The van der Waals surface area contributed by atoms with E-state index in [0.29, 0.717) is 16.7 Å². The van der Waals surface area contributed by atoms with Crippen molar-refractivity contribution >= 4 is 35.1 Å². The van der Waals surface area contributed by atoms with Crippen LogP contribution in [0.1, 0.15) is 11.1 Å². The minimum absolute atomic E-state index is 0.351. The van der Waals surface area contributed by atoms with Crippen molar-refractivity contribution in [1.82, 2.24) is 0 Å². The molecule has 0 atom stereocenters. The molecule has 0 spiro atoms. The highest BCUT2D eigenvalue weighted by Crippen LogP contribution is 2.24. The van der Waals surface area contributed by atoms with Crippen LogP contribution in [0.2, 0.25) is 10.0 Å². The fourth-order valence-corrected chi connectivity index (χ4v) is 2.79. The van der Waals surface area contributed by atoms with Crippen LogP contribution >= 0.6 is 23.2 Å². The number of aliphatic imine (C=N–C) groups is 1. The van der Waals surface area contributed by atoms with Crippen molar-refractivity contribution in [3.63, 3.8) is 0 Å². The average Bonchev–Trinajstić information content (AvgIpc) is 2.67. The van der Waals surface area contributed by atoms with E-state index in [1.54, 1.807) is 25.5 Å². The molecule has 0 aliphatic carbocycles. The first-order valence-electron chi connectivity index (χ1n) is 7.99. The van der Waals surface area contributed by atoms with Gasteiger partial charge in [0.05, 0.1) is 12.8 Å². The van der Waals surface area contributed by atoms with E-state index in [1.165, 1.54) is 0 Å². The van der Waals surface area contributed by atoms with Crippen molar-refractivity contribution in [1.29, 1.82) is 0 Å². The van der Waals surface area contributed by atoms with Gasteiger partial charge in [-0.25, -0.2) is 0 Å². The Morgan fingerprint density at radius 2 is 1.73 bits per heavy atom. The maximum atomic E-state index is 6.20. The molecule has 0 bridgehead atoms.